The van der Waals surface area contributed by atoms with Gasteiger partial charge in [-0.3, -0.25) is 0 Å². The predicted octanol–water partition coefficient (Wildman–Crippen LogP) is 2.68. The molecule has 0 bridgehead atoms. The minimum absolute atomic E-state index is 0.0639. The second-order valence-electron chi connectivity index (χ2n) is 5.74. The normalized spacial score (nSPS) is 26.0. The van der Waals surface area contributed by atoms with Crippen LogP contribution in [0.25, 0.3) is 0 Å². The third-order valence-corrected chi connectivity index (χ3v) is 6.30. The van der Waals surface area contributed by atoms with Crippen LogP contribution in [0.4, 0.5) is 0 Å². The van der Waals surface area contributed by atoms with Gasteiger partial charge in [0, 0.05) is 6.04 Å². The lowest BCUT2D eigenvalue weighted by molar-refractivity contribution is 0.381. The zero-order valence-electron chi connectivity index (χ0n) is 11.5. The first kappa shape index (κ1) is 14.5. The molecule has 2 rings (SSSR count). The first-order chi connectivity index (χ1) is 8.99. The Morgan fingerprint density at radius 2 is 1.95 bits per heavy atom. The number of rotatable bonds is 4. The van der Waals surface area contributed by atoms with Crippen molar-refractivity contribution in [1.29, 1.82) is 0 Å². The van der Waals surface area contributed by atoms with E-state index in [1.807, 2.05) is 30.3 Å². The van der Waals surface area contributed by atoms with Gasteiger partial charge in [-0.2, -0.15) is 0 Å². The van der Waals surface area contributed by atoms with E-state index in [1.54, 1.807) is 0 Å². The fourth-order valence-electron chi connectivity index (χ4n) is 2.89. The third-order valence-electron chi connectivity index (χ3n) is 4.04. The van der Waals surface area contributed by atoms with Gasteiger partial charge in [0.2, 0.25) is 0 Å². The lowest BCUT2D eigenvalue weighted by atomic mass is 9.91. The molecule has 0 amide bonds. The van der Waals surface area contributed by atoms with Gasteiger partial charge in [-0.25, -0.2) is 8.42 Å². The van der Waals surface area contributed by atoms with Gasteiger partial charge in [0.1, 0.15) is 0 Å². The van der Waals surface area contributed by atoms with Crippen molar-refractivity contribution in [3.63, 3.8) is 0 Å². The van der Waals surface area contributed by atoms with Crippen LogP contribution >= 0.6 is 0 Å². The summed E-state index contributed by atoms with van der Waals surface area (Å²) < 4.78 is 24.9. The van der Waals surface area contributed by atoms with E-state index in [9.17, 15) is 8.42 Å². The molecule has 1 fully saturated rings. The van der Waals surface area contributed by atoms with Crippen LogP contribution < -0.4 is 5.73 Å². The first-order valence-corrected chi connectivity index (χ1v) is 8.72. The maximum Gasteiger partial charge on any atom is 0.155 e. The fourth-order valence-corrected chi connectivity index (χ4v) is 5.00. The molecule has 1 aliphatic carbocycles. The minimum Gasteiger partial charge on any atom is -0.323 e. The number of benzene rings is 1. The number of hydrogen-bond acceptors (Lipinski definition) is 3. The smallest absolute Gasteiger partial charge is 0.155 e. The Bertz CT molecular complexity index is 498. The molecular formula is C15H23NO2S. The van der Waals surface area contributed by atoms with Crippen molar-refractivity contribution < 1.29 is 8.42 Å². The highest BCUT2D eigenvalue weighted by molar-refractivity contribution is 7.92. The Morgan fingerprint density at radius 1 is 1.26 bits per heavy atom. The highest BCUT2D eigenvalue weighted by Gasteiger charge is 2.31. The average molecular weight is 281 g/mol. The topological polar surface area (TPSA) is 60.2 Å². The third kappa shape index (κ3) is 3.80. The van der Waals surface area contributed by atoms with Gasteiger partial charge in [0.05, 0.1) is 11.0 Å². The number of nitrogens with two attached hydrogens (primary N) is 1. The van der Waals surface area contributed by atoms with Crippen LogP contribution in [0.1, 0.15) is 44.2 Å². The summed E-state index contributed by atoms with van der Waals surface area (Å²) in [7, 11) is -3.09. The van der Waals surface area contributed by atoms with Gasteiger partial charge in [0.15, 0.2) is 9.84 Å². The Balaban J connectivity index is 2.04. The molecule has 1 aromatic carbocycles. The van der Waals surface area contributed by atoms with Crippen molar-refractivity contribution >= 4 is 9.84 Å². The number of sulfone groups is 1. The molecule has 3 atom stereocenters. The van der Waals surface area contributed by atoms with Crippen molar-refractivity contribution in [2.75, 3.05) is 5.75 Å². The van der Waals surface area contributed by atoms with Gasteiger partial charge >= 0.3 is 0 Å². The Labute approximate surface area is 116 Å². The van der Waals surface area contributed by atoms with Crippen LogP contribution in [0.3, 0.4) is 0 Å². The van der Waals surface area contributed by atoms with Crippen LogP contribution in [0.5, 0.6) is 0 Å². The van der Waals surface area contributed by atoms with E-state index < -0.39 is 15.9 Å². The van der Waals surface area contributed by atoms with Crippen molar-refractivity contribution in [2.45, 2.75) is 43.9 Å². The van der Waals surface area contributed by atoms with E-state index in [1.165, 1.54) is 0 Å². The summed E-state index contributed by atoms with van der Waals surface area (Å²) in [5.74, 6) is 0.579. The predicted molar refractivity (Wildman–Crippen MR) is 78.6 cm³/mol. The summed E-state index contributed by atoms with van der Waals surface area (Å²) in [4.78, 5) is 0. The molecule has 19 heavy (non-hydrogen) atoms. The zero-order chi connectivity index (χ0) is 13.9. The van der Waals surface area contributed by atoms with E-state index in [0.717, 1.165) is 31.2 Å². The summed E-state index contributed by atoms with van der Waals surface area (Å²) in [5.41, 5.74) is 6.94. The van der Waals surface area contributed by atoms with Crippen LogP contribution in [-0.4, -0.2) is 19.4 Å². The highest BCUT2D eigenvalue weighted by atomic mass is 32.2. The quantitative estimate of drug-likeness (QED) is 0.923. The van der Waals surface area contributed by atoms with Crippen LogP contribution in [-0.2, 0) is 9.84 Å². The Hall–Kier alpha value is -0.870. The molecule has 1 aromatic rings. The molecule has 0 saturated heterocycles. The van der Waals surface area contributed by atoms with Crippen LogP contribution in [0.2, 0.25) is 0 Å². The van der Waals surface area contributed by atoms with Gasteiger partial charge in [-0.1, -0.05) is 50.1 Å². The molecule has 3 unspecified atom stereocenters. The lowest BCUT2D eigenvalue weighted by Crippen LogP contribution is -2.33. The molecule has 106 valence electrons. The van der Waals surface area contributed by atoms with Crippen molar-refractivity contribution in [3.8, 4) is 0 Å². The average Bonchev–Trinajstić information content (AvgIpc) is 2.39. The molecule has 1 aliphatic rings. The number of hydrogen-bond donors (Lipinski definition) is 1. The maximum atomic E-state index is 12.4. The van der Waals surface area contributed by atoms with Crippen molar-refractivity contribution in [3.05, 3.63) is 35.9 Å². The summed E-state index contributed by atoms with van der Waals surface area (Å²) >= 11 is 0. The minimum atomic E-state index is -3.09. The van der Waals surface area contributed by atoms with Gasteiger partial charge in [-0.05, 0) is 24.3 Å². The largest absolute Gasteiger partial charge is 0.323 e. The monoisotopic (exact) mass is 281 g/mol. The van der Waals surface area contributed by atoms with Crippen molar-refractivity contribution in [2.24, 2.45) is 11.7 Å². The zero-order valence-corrected chi connectivity index (χ0v) is 12.3. The van der Waals surface area contributed by atoms with Crippen LogP contribution in [0, 0.1) is 5.92 Å². The molecule has 0 radical (unpaired) electrons. The first-order valence-electron chi connectivity index (χ1n) is 7.01. The van der Waals surface area contributed by atoms with E-state index >= 15 is 0 Å². The lowest BCUT2D eigenvalue weighted by Gasteiger charge is -2.27. The van der Waals surface area contributed by atoms with Crippen molar-refractivity contribution in [1.82, 2.24) is 0 Å². The van der Waals surface area contributed by atoms with E-state index in [2.05, 4.69) is 6.92 Å². The van der Waals surface area contributed by atoms with Gasteiger partial charge < -0.3 is 5.73 Å². The van der Waals surface area contributed by atoms with E-state index in [0.29, 0.717) is 5.92 Å². The maximum absolute atomic E-state index is 12.4. The summed E-state index contributed by atoms with van der Waals surface area (Å²) in [6.45, 7) is 2.14. The van der Waals surface area contributed by atoms with E-state index in [-0.39, 0.29) is 11.0 Å². The molecule has 0 heterocycles. The fraction of sp³-hybridized carbons (Fsp3) is 0.600. The second kappa shape index (κ2) is 6.06. The summed E-state index contributed by atoms with van der Waals surface area (Å²) in [6, 6.07) is 9.07. The highest BCUT2D eigenvalue weighted by Crippen LogP contribution is 2.30. The van der Waals surface area contributed by atoms with E-state index in [4.69, 9.17) is 5.73 Å². The molecule has 0 aromatic heterocycles. The molecule has 1 saturated carbocycles. The van der Waals surface area contributed by atoms with Crippen LogP contribution in [0.15, 0.2) is 30.3 Å². The molecule has 3 nitrogen and oxygen atoms in total. The molecule has 0 aliphatic heterocycles. The summed E-state index contributed by atoms with van der Waals surface area (Å²) in [6.07, 6.45) is 3.76. The Morgan fingerprint density at radius 3 is 2.58 bits per heavy atom. The summed E-state index contributed by atoms with van der Waals surface area (Å²) in [5, 5.41) is -0.189. The standard InChI is InChI=1S/C15H23NO2S/c1-12-6-5-9-14(10-12)19(17,18)11-15(16)13-7-3-2-4-8-13/h2-4,7-8,12,14-15H,5-6,9-11,16H2,1H3. The van der Waals surface area contributed by atoms with Gasteiger partial charge in [-0.15, -0.1) is 0 Å². The molecular weight excluding hydrogens is 258 g/mol. The SMILES string of the molecule is CC1CCCC(S(=O)(=O)CC(N)c2ccccc2)C1. The molecule has 4 heteroatoms. The molecule has 2 N–H and O–H groups in total. The van der Waals surface area contributed by atoms with Gasteiger partial charge in [0.25, 0.3) is 0 Å². The molecule has 0 spiro atoms. The second-order valence-corrected chi connectivity index (χ2v) is 8.07. The Kier molecular flexibility index (Phi) is 4.63.